The molecule has 0 saturated carbocycles. The van der Waals surface area contributed by atoms with Crippen LogP contribution in [0.1, 0.15) is 5.56 Å². The van der Waals surface area contributed by atoms with Gasteiger partial charge in [0.15, 0.2) is 0 Å². The minimum absolute atomic E-state index is 0.342. The van der Waals surface area contributed by atoms with Crippen molar-refractivity contribution < 1.29 is 9.84 Å². The summed E-state index contributed by atoms with van der Waals surface area (Å²) in [7, 11) is 0. The zero-order chi connectivity index (χ0) is 13.5. The molecule has 106 valence electrons. The zero-order valence-corrected chi connectivity index (χ0v) is 11.8. The summed E-state index contributed by atoms with van der Waals surface area (Å²) < 4.78 is 5.28. The summed E-state index contributed by atoms with van der Waals surface area (Å²) in [5, 5.41) is 14.0. The largest absolute Gasteiger partial charge is 0.390 e. The summed E-state index contributed by atoms with van der Waals surface area (Å²) in [6.07, 6.45) is -0.342. The third-order valence-electron chi connectivity index (χ3n) is 3.19. The van der Waals surface area contributed by atoms with Crippen molar-refractivity contribution in [1.82, 2.24) is 10.2 Å². The maximum absolute atomic E-state index is 9.96. The molecule has 2 rings (SSSR count). The van der Waals surface area contributed by atoms with E-state index in [1.807, 2.05) is 24.3 Å². The van der Waals surface area contributed by atoms with Crippen LogP contribution in [0.5, 0.6) is 0 Å². The fraction of sp³-hybridized carbons (Fsp3) is 0.571. The fourth-order valence-electron chi connectivity index (χ4n) is 2.13. The van der Waals surface area contributed by atoms with Crippen LogP contribution in [-0.2, 0) is 11.3 Å². The van der Waals surface area contributed by atoms with E-state index >= 15 is 0 Å². The summed E-state index contributed by atoms with van der Waals surface area (Å²) in [5.74, 6) is 0. The summed E-state index contributed by atoms with van der Waals surface area (Å²) in [5.41, 5.74) is 1.17. The number of hydrogen-bond donors (Lipinski definition) is 2. The summed E-state index contributed by atoms with van der Waals surface area (Å²) in [6, 6.07) is 7.73. The molecule has 0 bridgehead atoms. The number of nitrogens with zero attached hydrogens (tertiary/aromatic N) is 1. The molecule has 1 aliphatic heterocycles. The second-order valence-electron chi connectivity index (χ2n) is 4.82. The Hall–Kier alpha value is -0.650. The second-order valence-corrected chi connectivity index (χ2v) is 5.26. The lowest BCUT2D eigenvalue weighted by Gasteiger charge is -2.28. The Morgan fingerprint density at radius 1 is 1.26 bits per heavy atom. The first-order valence-electron chi connectivity index (χ1n) is 6.67. The summed E-state index contributed by atoms with van der Waals surface area (Å²) in [4.78, 5) is 2.23. The van der Waals surface area contributed by atoms with Crippen LogP contribution < -0.4 is 5.32 Å². The van der Waals surface area contributed by atoms with E-state index in [0.717, 1.165) is 37.9 Å². The highest BCUT2D eigenvalue weighted by molar-refractivity contribution is 6.30. The van der Waals surface area contributed by atoms with Gasteiger partial charge in [0.1, 0.15) is 0 Å². The molecule has 0 spiro atoms. The molecule has 0 amide bonds. The van der Waals surface area contributed by atoms with Gasteiger partial charge in [-0.3, -0.25) is 4.90 Å². The molecule has 1 saturated heterocycles. The predicted octanol–water partition coefficient (Wildman–Crippen LogP) is 1.12. The molecule has 1 unspecified atom stereocenters. The second kappa shape index (κ2) is 7.82. The number of nitrogens with one attached hydrogen (secondary N) is 1. The first-order valence-corrected chi connectivity index (χ1v) is 7.05. The molecule has 4 nitrogen and oxygen atoms in total. The molecule has 5 heteroatoms. The molecule has 0 radical (unpaired) electrons. The quantitative estimate of drug-likeness (QED) is 0.822. The van der Waals surface area contributed by atoms with Gasteiger partial charge in [-0.25, -0.2) is 0 Å². The van der Waals surface area contributed by atoms with E-state index in [4.69, 9.17) is 16.3 Å². The molecule has 0 aromatic heterocycles. The van der Waals surface area contributed by atoms with Crippen molar-refractivity contribution in [2.45, 2.75) is 12.6 Å². The molecule has 1 fully saturated rings. The van der Waals surface area contributed by atoms with Gasteiger partial charge in [0.25, 0.3) is 0 Å². The van der Waals surface area contributed by atoms with Crippen LogP contribution in [-0.4, -0.2) is 55.5 Å². The smallest absolute Gasteiger partial charge is 0.0791 e. The maximum Gasteiger partial charge on any atom is 0.0791 e. The van der Waals surface area contributed by atoms with Gasteiger partial charge >= 0.3 is 0 Å². The lowest BCUT2D eigenvalue weighted by Crippen LogP contribution is -2.43. The Labute approximate surface area is 119 Å². The van der Waals surface area contributed by atoms with Gasteiger partial charge in [0.2, 0.25) is 0 Å². The number of rotatable bonds is 6. The molecule has 1 aromatic carbocycles. The standard InChI is InChI=1S/C14H21ClN2O2/c15-13-3-1-12(2-4-13)9-16-10-14(18)11-17-5-7-19-8-6-17/h1-4,14,16,18H,5-11H2. The van der Waals surface area contributed by atoms with Crippen molar-refractivity contribution in [3.8, 4) is 0 Å². The highest BCUT2D eigenvalue weighted by Gasteiger charge is 2.14. The van der Waals surface area contributed by atoms with Crippen LogP contribution in [0.2, 0.25) is 5.02 Å². The lowest BCUT2D eigenvalue weighted by molar-refractivity contribution is 0.0149. The van der Waals surface area contributed by atoms with E-state index in [1.54, 1.807) is 0 Å². The van der Waals surface area contributed by atoms with Crippen LogP contribution in [0.3, 0.4) is 0 Å². The number of aliphatic hydroxyl groups is 1. The summed E-state index contributed by atoms with van der Waals surface area (Å²) >= 11 is 5.83. The highest BCUT2D eigenvalue weighted by Crippen LogP contribution is 2.09. The van der Waals surface area contributed by atoms with Crippen LogP contribution in [0.15, 0.2) is 24.3 Å². The molecule has 1 aromatic rings. The van der Waals surface area contributed by atoms with Crippen molar-refractivity contribution in [2.75, 3.05) is 39.4 Å². The first-order chi connectivity index (χ1) is 9.24. The third kappa shape index (κ3) is 5.47. The van der Waals surface area contributed by atoms with Crippen LogP contribution >= 0.6 is 11.6 Å². The Morgan fingerprint density at radius 3 is 2.63 bits per heavy atom. The molecule has 1 heterocycles. The Kier molecular flexibility index (Phi) is 6.07. The number of hydrogen-bond acceptors (Lipinski definition) is 4. The molecule has 2 N–H and O–H groups in total. The number of halogens is 1. The van der Waals surface area contributed by atoms with Crippen molar-refractivity contribution >= 4 is 11.6 Å². The van der Waals surface area contributed by atoms with Gasteiger partial charge in [-0.1, -0.05) is 23.7 Å². The van der Waals surface area contributed by atoms with Gasteiger partial charge < -0.3 is 15.2 Å². The Morgan fingerprint density at radius 2 is 1.95 bits per heavy atom. The normalized spacial score (nSPS) is 18.4. The predicted molar refractivity (Wildman–Crippen MR) is 76.4 cm³/mol. The van der Waals surface area contributed by atoms with Gasteiger partial charge in [0.05, 0.1) is 19.3 Å². The zero-order valence-electron chi connectivity index (χ0n) is 11.0. The van der Waals surface area contributed by atoms with Crippen molar-refractivity contribution in [3.63, 3.8) is 0 Å². The van der Waals surface area contributed by atoms with Crippen molar-refractivity contribution in [1.29, 1.82) is 0 Å². The Balaban J connectivity index is 1.63. The maximum atomic E-state index is 9.96. The molecular formula is C14H21ClN2O2. The van der Waals surface area contributed by atoms with Crippen LogP contribution in [0.25, 0.3) is 0 Å². The van der Waals surface area contributed by atoms with Gasteiger partial charge in [0, 0.05) is 37.7 Å². The number of ether oxygens (including phenoxy) is 1. The molecule has 1 atom stereocenters. The molecule has 19 heavy (non-hydrogen) atoms. The van der Waals surface area contributed by atoms with E-state index in [0.29, 0.717) is 13.1 Å². The number of β-amino-alcohol motifs (C(OH)–C–C–N with tert-alkyl or cyclic N) is 1. The van der Waals surface area contributed by atoms with Crippen molar-refractivity contribution in [3.05, 3.63) is 34.9 Å². The van der Waals surface area contributed by atoms with E-state index in [-0.39, 0.29) is 6.10 Å². The molecule has 0 aliphatic carbocycles. The molecular weight excluding hydrogens is 264 g/mol. The van der Waals surface area contributed by atoms with E-state index < -0.39 is 0 Å². The average molecular weight is 285 g/mol. The van der Waals surface area contributed by atoms with Gasteiger partial charge in [-0.15, -0.1) is 0 Å². The first kappa shape index (κ1) is 14.8. The Bertz CT molecular complexity index is 366. The number of aliphatic hydroxyl groups excluding tert-OH is 1. The SMILES string of the molecule is OC(CNCc1ccc(Cl)cc1)CN1CCOCC1. The number of morpholine rings is 1. The van der Waals surface area contributed by atoms with Gasteiger partial charge in [-0.2, -0.15) is 0 Å². The monoisotopic (exact) mass is 284 g/mol. The van der Waals surface area contributed by atoms with Gasteiger partial charge in [-0.05, 0) is 17.7 Å². The van der Waals surface area contributed by atoms with Crippen LogP contribution in [0.4, 0.5) is 0 Å². The van der Waals surface area contributed by atoms with E-state index in [2.05, 4.69) is 10.2 Å². The minimum Gasteiger partial charge on any atom is -0.390 e. The van der Waals surface area contributed by atoms with Crippen molar-refractivity contribution in [2.24, 2.45) is 0 Å². The average Bonchev–Trinajstić information content (AvgIpc) is 2.42. The third-order valence-corrected chi connectivity index (χ3v) is 3.45. The fourth-order valence-corrected chi connectivity index (χ4v) is 2.26. The van der Waals surface area contributed by atoms with E-state index in [1.165, 1.54) is 5.56 Å². The topological polar surface area (TPSA) is 44.7 Å². The lowest BCUT2D eigenvalue weighted by atomic mass is 10.2. The molecule has 1 aliphatic rings. The highest BCUT2D eigenvalue weighted by atomic mass is 35.5. The summed E-state index contributed by atoms with van der Waals surface area (Å²) in [6.45, 7) is 5.41. The van der Waals surface area contributed by atoms with E-state index in [9.17, 15) is 5.11 Å². The number of benzene rings is 1. The minimum atomic E-state index is -0.342. The van der Waals surface area contributed by atoms with Crippen LogP contribution in [0, 0.1) is 0 Å².